The Morgan fingerprint density at radius 3 is 2.71 bits per heavy atom. The summed E-state index contributed by atoms with van der Waals surface area (Å²) in [5.74, 6) is 1.52. The van der Waals surface area contributed by atoms with Gasteiger partial charge in [0.1, 0.15) is 34.4 Å². The van der Waals surface area contributed by atoms with E-state index in [1.807, 2.05) is 24.3 Å². The van der Waals surface area contributed by atoms with E-state index in [1.165, 1.54) is 7.11 Å². The number of nitrogens with two attached hydrogens (primary N) is 2. The van der Waals surface area contributed by atoms with Gasteiger partial charge in [-0.15, -0.1) is 0 Å². The Bertz CT molecular complexity index is 1260. The van der Waals surface area contributed by atoms with Crippen molar-refractivity contribution in [3.05, 3.63) is 65.9 Å². The number of hydrogen-bond donors (Lipinski definition) is 3. The van der Waals surface area contributed by atoms with E-state index < -0.39 is 0 Å². The lowest BCUT2D eigenvalue weighted by Crippen LogP contribution is -2.14. The molecule has 0 saturated carbocycles. The molecule has 0 aliphatic heterocycles. The lowest BCUT2D eigenvalue weighted by Gasteiger charge is -2.11. The molecule has 158 valence electrons. The SMILES string of the molecule is COc1cc(-c2nc(C(C)N)n3ccnc(N)c23)ccc1C(=O)Nc1ccc(C)cn1. The van der Waals surface area contributed by atoms with Gasteiger partial charge >= 0.3 is 0 Å². The normalized spacial score (nSPS) is 12.0. The maximum Gasteiger partial charge on any atom is 0.260 e. The van der Waals surface area contributed by atoms with Gasteiger partial charge in [0.15, 0.2) is 0 Å². The summed E-state index contributed by atoms with van der Waals surface area (Å²) < 4.78 is 7.33. The van der Waals surface area contributed by atoms with E-state index in [0.717, 1.165) is 11.1 Å². The van der Waals surface area contributed by atoms with Gasteiger partial charge in [-0.25, -0.2) is 15.0 Å². The molecule has 9 nitrogen and oxygen atoms in total. The van der Waals surface area contributed by atoms with Crippen molar-refractivity contribution in [2.24, 2.45) is 5.73 Å². The summed E-state index contributed by atoms with van der Waals surface area (Å²) in [7, 11) is 1.51. The number of nitrogens with one attached hydrogen (secondary N) is 1. The Morgan fingerprint density at radius 2 is 2.03 bits per heavy atom. The molecular formula is C22H23N7O2. The largest absolute Gasteiger partial charge is 0.496 e. The number of carbonyl (C=O) groups excluding carboxylic acids is 1. The highest BCUT2D eigenvalue weighted by Crippen LogP contribution is 2.33. The summed E-state index contributed by atoms with van der Waals surface area (Å²) in [6.07, 6.45) is 5.07. The molecule has 1 amide bonds. The fourth-order valence-corrected chi connectivity index (χ4v) is 3.36. The monoisotopic (exact) mass is 417 g/mol. The number of aryl methyl sites for hydroxylation is 1. The molecule has 9 heteroatoms. The lowest BCUT2D eigenvalue weighted by atomic mass is 10.1. The number of ether oxygens (including phenoxy) is 1. The Balaban J connectivity index is 1.75. The van der Waals surface area contributed by atoms with Crippen LogP contribution in [0, 0.1) is 6.92 Å². The number of methoxy groups -OCH3 is 1. The van der Waals surface area contributed by atoms with E-state index in [9.17, 15) is 4.79 Å². The van der Waals surface area contributed by atoms with Crippen molar-refractivity contribution in [2.75, 3.05) is 18.2 Å². The summed E-state index contributed by atoms with van der Waals surface area (Å²) in [6, 6.07) is 8.53. The molecule has 0 aliphatic carbocycles. The van der Waals surface area contributed by atoms with Crippen molar-refractivity contribution in [3.63, 3.8) is 0 Å². The average molecular weight is 417 g/mol. The zero-order valence-electron chi connectivity index (χ0n) is 17.5. The summed E-state index contributed by atoms with van der Waals surface area (Å²) in [6.45, 7) is 3.78. The number of benzene rings is 1. The molecule has 0 aliphatic rings. The quantitative estimate of drug-likeness (QED) is 0.454. The molecular weight excluding hydrogens is 394 g/mol. The molecule has 3 aromatic heterocycles. The van der Waals surface area contributed by atoms with Crippen molar-refractivity contribution in [1.82, 2.24) is 19.4 Å². The van der Waals surface area contributed by atoms with Crippen molar-refractivity contribution in [3.8, 4) is 17.0 Å². The van der Waals surface area contributed by atoms with E-state index in [2.05, 4.69) is 15.3 Å². The molecule has 5 N–H and O–H groups in total. The smallest absolute Gasteiger partial charge is 0.260 e. The highest BCUT2D eigenvalue weighted by atomic mass is 16.5. The van der Waals surface area contributed by atoms with Crippen molar-refractivity contribution < 1.29 is 9.53 Å². The van der Waals surface area contributed by atoms with Crippen LogP contribution in [0.25, 0.3) is 16.8 Å². The van der Waals surface area contributed by atoms with Crippen LogP contribution < -0.4 is 21.5 Å². The molecule has 0 spiro atoms. The van der Waals surface area contributed by atoms with Crippen molar-refractivity contribution in [2.45, 2.75) is 19.9 Å². The zero-order chi connectivity index (χ0) is 22.1. The Morgan fingerprint density at radius 1 is 1.23 bits per heavy atom. The summed E-state index contributed by atoms with van der Waals surface area (Å²) in [5, 5.41) is 2.78. The number of pyridine rings is 1. The van der Waals surface area contributed by atoms with Crippen LogP contribution in [0.2, 0.25) is 0 Å². The maximum atomic E-state index is 12.8. The summed E-state index contributed by atoms with van der Waals surface area (Å²) in [4.78, 5) is 25.9. The number of nitrogen functional groups attached to an aromatic ring is 1. The number of imidazole rings is 1. The van der Waals surface area contributed by atoms with E-state index in [4.69, 9.17) is 21.2 Å². The molecule has 1 aromatic carbocycles. The molecule has 0 bridgehead atoms. The highest BCUT2D eigenvalue weighted by Gasteiger charge is 2.20. The lowest BCUT2D eigenvalue weighted by molar-refractivity contribution is 0.102. The van der Waals surface area contributed by atoms with Crippen LogP contribution in [0.5, 0.6) is 5.75 Å². The van der Waals surface area contributed by atoms with Crippen LogP contribution in [0.1, 0.15) is 34.7 Å². The van der Waals surface area contributed by atoms with Gasteiger partial charge in [-0.1, -0.05) is 12.1 Å². The third kappa shape index (κ3) is 3.78. The van der Waals surface area contributed by atoms with Crippen molar-refractivity contribution >= 4 is 23.1 Å². The van der Waals surface area contributed by atoms with Gasteiger partial charge < -0.3 is 21.5 Å². The topological polar surface area (TPSA) is 133 Å². The number of hydrogen-bond acceptors (Lipinski definition) is 7. The molecule has 3 heterocycles. The van der Waals surface area contributed by atoms with Crippen molar-refractivity contribution in [1.29, 1.82) is 0 Å². The van der Waals surface area contributed by atoms with Crippen LogP contribution >= 0.6 is 0 Å². The number of anilines is 2. The fraction of sp³-hybridized carbons (Fsp3) is 0.182. The number of fused-ring (bicyclic) bond motifs is 1. The number of amides is 1. The third-order valence-corrected chi connectivity index (χ3v) is 4.89. The van der Waals surface area contributed by atoms with Gasteiger partial charge in [-0.2, -0.15) is 0 Å². The fourth-order valence-electron chi connectivity index (χ4n) is 3.36. The first-order valence-corrected chi connectivity index (χ1v) is 9.69. The zero-order valence-corrected chi connectivity index (χ0v) is 17.5. The third-order valence-electron chi connectivity index (χ3n) is 4.89. The second kappa shape index (κ2) is 8.04. The molecule has 4 aromatic rings. The minimum absolute atomic E-state index is 0.308. The number of aromatic nitrogens is 4. The van der Waals surface area contributed by atoms with Gasteiger partial charge in [-0.3, -0.25) is 9.20 Å². The van der Waals surface area contributed by atoms with Gasteiger partial charge in [0.25, 0.3) is 5.91 Å². The van der Waals surface area contributed by atoms with Gasteiger partial charge in [-0.05, 0) is 37.6 Å². The molecule has 31 heavy (non-hydrogen) atoms. The number of rotatable bonds is 5. The van der Waals surface area contributed by atoms with Gasteiger partial charge in [0, 0.05) is 24.2 Å². The van der Waals surface area contributed by atoms with Crippen LogP contribution in [-0.2, 0) is 0 Å². The van der Waals surface area contributed by atoms with Gasteiger partial charge in [0.05, 0.1) is 18.7 Å². The molecule has 0 saturated heterocycles. The highest BCUT2D eigenvalue weighted by molar-refractivity contribution is 6.06. The Kier molecular flexibility index (Phi) is 5.26. The van der Waals surface area contributed by atoms with E-state index in [1.54, 1.807) is 42.9 Å². The predicted molar refractivity (Wildman–Crippen MR) is 119 cm³/mol. The minimum Gasteiger partial charge on any atom is -0.496 e. The van der Waals surface area contributed by atoms with Crippen LogP contribution in [0.3, 0.4) is 0 Å². The van der Waals surface area contributed by atoms with Crippen LogP contribution in [0.4, 0.5) is 11.6 Å². The van der Waals surface area contributed by atoms with E-state index in [0.29, 0.717) is 40.0 Å². The average Bonchev–Trinajstić information content (AvgIpc) is 3.16. The second-order valence-corrected chi connectivity index (χ2v) is 7.23. The molecule has 0 fully saturated rings. The Hall–Kier alpha value is -3.98. The standard InChI is InChI=1S/C22H23N7O2/c1-12-4-7-17(26-11-12)27-22(30)15-6-5-14(10-16(15)31-3)18-19-20(24)25-8-9-29(19)21(28-18)13(2)23/h4-11,13H,23H2,1-3H3,(H2,24,25)(H,26,27,30). The second-order valence-electron chi connectivity index (χ2n) is 7.23. The first kappa shape index (κ1) is 20.3. The number of carbonyl (C=O) groups is 1. The maximum absolute atomic E-state index is 12.8. The van der Waals surface area contributed by atoms with Gasteiger partial charge in [0.2, 0.25) is 0 Å². The molecule has 0 radical (unpaired) electrons. The summed E-state index contributed by atoms with van der Waals surface area (Å²) >= 11 is 0. The minimum atomic E-state index is -0.327. The first-order chi connectivity index (χ1) is 14.9. The van der Waals surface area contributed by atoms with E-state index in [-0.39, 0.29) is 11.9 Å². The summed E-state index contributed by atoms with van der Waals surface area (Å²) in [5.41, 5.74) is 15.6. The van der Waals surface area contributed by atoms with E-state index >= 15 is 0 Å². The molecule has 1 atom stereocenters. The predicted octanol–water partition coefficient (Wildman–Crippen LogP) is 2.96. The number of nitrogens with zero attached hydrogens (tertiary/aromatic N) is 4. The van der Waals surface area contributed by atoms with Crippen LogP contribution in [-0.4, -0.2) is 32.4 Å². The first-order valence-electron chi connectivity index (χ1n) is 9.69. The Labute approximate surface area is 179 Å². The molecule has 1 unspecified atom stereocenters. The molecule has 4 rings (SSSR count). The van der Waals surface area contributed by atoms with Crippen LogP contribution in [0.15, 0.2) is 48.9 Å².